The molecule has 0 spiro atoms. The third kappa shape index (κ3) is 2.60. The summed E-state index contributed by atoms with van der Waals surface area (Å²) in [5, 5.41) is 11.3. The molecule has 158 valence electrons. The Kier molecular flexibility index (Phi) is 4.08. The Bertz CT molecular complexity index is 993. The molecular weight excluding hydrogens is 378 g/mol. The van der Waals surface area contributed by atoms with Crippen LogP contribution >= 0.6 is 0 Å². The van der Waals surface area contributed by atoms with Gasteiger partial charge in [0.15, 0.2) is 11.5 Å². The predicted molar refractivity (Wildman–Crippen MR) is 113 cm³/mol. The van der Waals surface area contributed by atoms with Gasteiger partial charge in [0.25, 0.3) is 0 Å². The number of Topliss-reactive ketones (excluding diaryl/α,β-unsaturated/α-hetero) is 1. The number of fused-ring (bicyclic) bond motifs is 1. The van der Waals surface area contributed by atoms with Gasteiger partial charge in [-0.25, -0.2) is 0 Å². The van der Waals surface area contributed by atoms with Crippen LogP contribution in [0.15, 0.2) is 29.1 Å². The molecule has 3 aliphatic carbocycles. The van der Waals surface area contributed by atoms with E-state index in [1.54, 1.807) is 19.6 Å². The third-order valence-corrected chi connectivity index (χ3v) is 8.26. The quantitative estimate of drug-likeness (QED) is 0.818. The monoisotopic (exact) mass is 407 g/mol. The van der Waals surface area contributed by atoms with E-state index in [1.165, 1.54) is 24.9 Å². The normalized spacial score (nSPS) is 30.6. The van der Waals surface area contributed by atoms with E-state index in [-0.39, 0.29) is 11.2 Å². The van der Waals surface area contributed by atoms with E-state index in [1.807, 2.05) is 12.1 Å². The molecule has 5 heteroatoms. The van der Waals surface area contributed by atoms with Crippen molar-refractivity contribution in [2.75, 3.05) is 20.2 Å². The Morgan fingerprint density at radius 2 is 2.20 bits per heavy atom. The maximum atomic E-state index is 12.7. The minimum absolute atomic E-state index is 0.244. The van der Waals surface area contributed by atoms with Crippen LogP contribution in [0.1, 0.15) is 49.7 Å². The molecule has 5 nitrogen and oxygen atoms in total. The molecule has 1 aromatic heterocycles. The summed E-state index contributed by atoms with van der Waals surface area (Å²) in [5.74, 6) is 2.34. The molecule has 4 aliphatic rings. The van der Waals surface area contributed by atoms with Gasteiger partial charge >= 0.3 is 0 Å². The van der Waals surface area contributed by atoms with E-state index in [2.05, 4.69) is 4.90 Å². The van der Waals surface area contributed by atoms with Crippen molar-refractivity contribution in [2.45, 2.75) is 56.4 Å². The molecule has 3 fully saturated rings. The smallest absolute Gasteiger partial charge is 0.161 e. The number of piperidine rings is 1. The van der Waals surface area contributed by atoms with Crippen molar-refractivity contribution >= 4 is 5.78 Å². The maximum Gasteiger partial charge on any atom is 0.161 e. The van der Waals surface area contributed by atoms with Gasteiger partial charge in [0.05, 0.1) is 19.6 Å². The summed E-state index contributed by atoms with van der Waals surface area (Å²) in [6.45, 7) is 2.20. The second kappa shape index (κ2) is 6.61. The van der Waals surface area contributed by atoms with Gasteiger partial charge < -0.3 is 14.3 Å². The molecule has 6 rings (SSSR count). The van der Waals surface area contributed by atoms with Crippen LogP contribution in [-0.4, -0.2) is 42.0 Å². The Morgan fingerprint density at radius 3 is 2.93 bits per heavy atom. The number of hydrogen-bond donors (Lipinski definition) is 1. The van der Waals surface area contributed by atoms with Crippen molar-refractivity contribution in [3.05, 3.63) is 35.8 Å². The highest BCUT2D eigenvalue weighted by Crippen LogP contribution is 2.60. The molecule has 1 aliphatic heterocycles. The molecule has 1 saturated heterocycles. The first kappa shape index (κ1) is 18.5. The van der Waals surface area contributed by atoms with Crippen LogP contribution in [-0.2, 0) is 16.6 Å². The predicted octanol–water partition coefficient (Wildman–Crippen LogP) is 4.31. The lowest BCUT2D eigenvalue weighted by atomic mass is 9.51. The number of furan rings is 1. The lowest BCUT2D eigenvalue weighted by Crippen LogP contribution is -2.62. The average Bonchev–Trinajstić information content (AvgIpc) is 3.39. The number of nitrogens with zero attached hydrogens (tertiary/aromatic N) is 1. The number of aromatic hydroxyl groups is 1. The highest BCUT2D eigenvalue weighted by atomic mass is 16.5. The van der Waals surface area contributed by atoms with Crippen molar-refractivity contribution in [1.82, 2.24) is 4.90 Å². The summed E-state index contributed by atoms with van der Waals surface area (Å²) >= 11 is 0. The van der Waals surface area contributed by atoms with E-state index >= 15 is 0 Å². The Labute approximate surface area is 177 Å². The Hall–Kier alpha value is -2.27. The minimum Gasteiger partial charge on any atom is -0.504 e. The number of ether oxygens (including phenoxy) is 1. The van der Waals surface area contributed by atoms with Crippen LogP contribution in [0.3, 0.4) is 0 Å². The van der Waals surface area contributed by atoms with Gasteiger partial charge in [-0.3, -0.25) is 9.69 Å². The standard InChI is InChI=1S/C25H29NO4/c1-29-22-11-18(16-6-9-30-14-16)19-10-21-20-5-4-17(27)12-25(20,23(19)24(22)28)7-8-26(21)13-15-2-3-15/h6,9,11,14-15,20-21,28H,2-5,7-8,10,12-13H2,1H3/t20?,21?,25-/m1/s1. The molecule has 1 N–H and O–H groups in total. The molecule has 0 amide bonds. The molecule has 2 aromatic rings. The third-order valence-electron chi connectivity index (χ3n) is 8.26. The highest BCUT2D eigenvalue weighted by molar-refractivity contribution is 5.83. The molecular formula is C25H29NO4. The topological polar surface area (TPSA) is 62.9 Å². The van der Waals surface area contributed by atoms with Gasteiger partial charge in [-0.05, 0) is 73.7 Å². The number of phenols is 1. The first-order chi connectivity index (χ1) is 14.6. The largest absolute Gasteiger partial charge is 0.504 e. The molecule has 30 heavy (non-hydrogen) atoms. The number of methoxy groups -OCH3 is 1. The van der Waals surface area contributed by atoms with Gasteiger partial charge in [0, 0.05) is 42.0 Å². The van der Waals surface area contributed by atoms with Crippen LogP contribution < -0.4 is 4.74 Å². The zero-order valence-corrected chi connectivity index (χ0v) is 17.5. The van der Waals surface area contributed by atoms with Crippen molar-refractivity contribution in [3.63, 3.8) is 0 Å². The molecule has 0 radical (unpaired) electrons. The van der Waals surface area contributed by atoms with E-state index in [0.29, 0.717) is 36.3 Å². The van der Waals surface area contributed by atoms with Gasteiger partial charge in [-0.15, -0.1) is 0 Å². The number of rotatable bonds is 4. The summed E-state index contributed by atoms with van der Waals surface area (Å²) in [6.07, 6.45) is 10.2. The minimum atomic E-state index is -0.273. The number of carbonyl (C=O) groups is 1. The first-order valence-corrected chi connectivity index (χ1v) is 11.3. The average molecular weight is 408 g/mol. The molecule has 2 heterocycles. The van der Waals surface area contributed by atoms with Crippen molar-refractivity contribution in [3.8, 4) is 22.6 Å². The fraction of sp³-hybridized carbons (Fsp3) is 0.560. The fourth-order valence-electron chi connectivity index (χ4n) is 6.77. The number of phenolic OH excluding ortho intramolecular Hbond substituents is 1. The lowest BCUT2D eigenvalue weighted by molar-refractivity contribution is -0.127. The van der Waals surface area contributed by atoms with Crippen LogP contribution in [0.25, 0.3) is 11.1 Å². The Balaban J connectivity index is 1.57. The van der Waals surface area contributed by atoms with Crippen LogP contribution in [0.4, 0.5) is 0 Å². The number of likely N-dealkylation sites (tertiary alicyclic amines) is 1. The van der Waals surface area contributed by atoms with Crippen molar-refractivity contribution < 1.29 is 19.1 Å². The van der Waals surface area contributed by atoms with Gasteiger partial charge in [-0.1, -0.05) is 0 Å². The van der Waals surface area contributed by atoms with E-state index in [0.717, 1.165) is 48.4 Å². The SMILES string of the molecule is COc1cc(-c2ccoc2)c2c(c1O)[C@@]13CCN(CC4CC4)C(C2)C1CCC(=O)C3. The second-order valence-corrected chi connectivity index (χ2v) is 9.82. The number of ketones is 1. The molecule has 2 saturated carbocycles. The van der Waals surface area contributed by atoms with Crippen LogP contribution in [0, 0.1) is 11.8 Å². The summed E-state index contributed by atoms with van der Waals surface area (Å²) in [6, 6.07) is 4.36. The zero-order valence-electron chi connectivity index (χ0n) is 17.5. The summed E-state index contributed by atoms with van der Waals surface area (Å²) in [4.78, 5) is 15.4. The van der Waals surface area contributed by atoms with Crippen LogP contribution in [0.5, 0.6) is 11.5 Å². The van der Waals surface area contributed by atoms with Crippen LogP contribution in [0.2, 0.25) is 0 Å². The van der Waals surface area contributed by atoms with E-state index < -0.39 is 0 Å². The lowest BCUT2D eigenvalue weighted by Gasteiger charge is -2.59. The van der Waals surface area contributed by atoms with Gasteiger partial charge in [0.1, 0.15) is 5.78 Å². The Morgan fingerprint density at radius 1 is 1.33 bits per heavy atom. The maximum absolute atomic E-state index is 12.7. The summed E-state index contributed by atoms with van der Waals surface area (Å²) in [7, 11) is 1.60. The van der Waals surface area contributed by atoms with E-state index in [4.69, 9.17) is 9.15 Å². The summed E-state index contributed by atoms with van der Waals surface area (Å²) < 4.78 is 11.0. The highest BCUT2D eigenvalue weighted by Gasteiger charge is 2.57. The van der Waals surface area contributed by atoms with E-state index in [9.17, 15) is 9.90 Å². The fourth-order valence-corrected chi connectivity index (χ4v) is 6.77. The first-order valence-electron chi connectivity index (χ1n) is 11.3. The van der Waals surface area contributed by atoms with Gasteiger partial charge in [-0.2, -0.15) is 0 Å². The molecule has 1 aromatic carbocycles. The number of hydrogen-bond acceptors (Lipinski definition) is 5. The zero-order chi connectivity index (χ0) is 20.5. The number of carbonyl (C=O) groups excluding carboxylic acids is 1. The second-order valence-electron chi connectivity index (χ2n) is 9.82. The van der Waals surface area contributed by atoms with Gasteiger partial charge in [0.2, 0.25) is 0 Å². The molecule has 2 unspecified atom stereocenters. The number of benzene rings is 1. The van der Waals surface area contributed by atoms with Crippen molar-refractivity contribution in [1.29, 1.82) is 0 Å². The summed E-state index contributed by atoms with van der Waals surface area (Å²) in [5.41, 5.74) is 3.98. The van der Waals surface area contributed by atoms with Crippen molar-refractivity contribution in [2.24, 2.45) is 11.8 Å². The molecule has 3 atom stereocenters. The molecule has 2 bridgehead atoms.